The minimum atomic E-state index is -0.701. The fraction of sp³-hybridized carbons (Fsp3) is 0.286. The van der Waals surface area contributed by atoms with Crippen molar-refractivity contribution in [3.63, 3.8) is 0 Å². The van der Waals surface area contributed by atoms with Crippen molar-refractivity contribution in [2.24, 2.45) is 5.92 Å². The van der Waals surface area contributed by atoms with Gasteiger partial charge in [-0.3, -0.25) is 14.4 Å². The fourth-order valence-corrected chi connectivity index (χ4v) is 3.98. The summed E-state index contributed by atoms with van der Waals surface area (Å²) in [7, 11) is 1.48. The molecule has 1 atom stereocenters. The molecule has 1 N–H and O–H groups in total. The van der Waals surface area contributed by atoms with Gasteiger partial charge in [-0.2, -0.15) is 0 Å². The Labute approximate surface area is 197 Å². The molecule has 0 unspecified atom stereocenters. The van der Waals surface area contributed by atoms with Gasteiger partial charge in [0.25, 0.3) is 5.91 Å². The number of methoxy groups -OCH3 is 1. The van der Waals surface area contributed by atoms with Gasteiger partial charge in [0.2, 0.25) is 5.91 Å². The Hall–Kier alpha value is -2.29. The van der Waals surface area contributed by atoms with Crippen molar-refractivity contribution in [2.45, 2.75) is 13.3 Å². The monoisotopic (exact) mass is 528 g/mol. The fourth-order valence-electron chi connectivity index (χ4n) is 3.19. The third-order valence-electron chi connectivity index (χ3n) is 4.78. The molecule has 164 valence electrons. The number of hydrogen-bond donors (Lipinski definition) is 1. The molecule has 1 aliphatic heterocycles. The smallest absolute Gasteiger partial charge is 0.311 e. The zero-order valence-corrected chi connectivity index (χ0v) is 19.8. The van der Waals surface area contributed by atoms with E-state index in [0.29, 0.717) is 31.6 Å². The minimum absolute atomic E-state index is 0.0302. The van der Waals surface area contributed by atoms with E-state index in [0.717, 1.165) is 5.56 Å². The highest BCUT2D eigenvalue weighted by Crippen LogP contribution is 2.35. The standard InChI is InChI=1S/C21H19BrCl2N2O5/c1-11-5-14(22)15(24)8-16(11)25-19(27)10-31-21(29)12-6-20(28)26(9-12)17-7-13(23)3-4-18(17)30-2/h3-5,7-8,12H,6,9-10H2,1-2H3,(H,25,27)/t12-/m1/s1. The summed E-state index contributed by atoms with van der Waals surface area (Å²) in [5, 5.41) is 3.54. The highest BCUT2D eigenvalue weighted by atomic mass is 79.9. The molecule has 0 bridgehead atoms. The predicted octanol–water partition coefficient (Wildman–Crippen LogP) is 4.61. The van der Waals surface area contributed by atoms with Crippen LogP contribution in [-0.4, -0.2) is 38.0 Å². The Morgan fingerprint density at radius 1 is 1.26 bits per heavy atom. The number of anilines is 2. The van der Waals surface area contributed by atoms with E-state index in [1.807, 2.05) is 6.92 Å². The molecule has 1 aliphatic rings. The maximum atomic E-state index is 12.5. The second-order valence-corrected chi connectivity index (χ2v) is 8.66. The van der Waals surface area contributed by atoms with E-state index in [4.69, 9.17) is 32.7 Å². The third kappa shape index (κ3) is 5.50. The van der Waals surface area contributed by atoms with Crippen LogP contribution < -0.4 is 15.0 Å². The first-order valence-corrected chi connectivity index (χ1v) is 10.8. The van der Waals surface area contributed by atoms with Gasteiger partial charge in [0, 0.05) is 28.1 Å². The summed E-state index contributed by atoms with van der Waals surface area (Å²) in [6, 6.07) is 8.27. The van der Waals surface area contributed by atoms with Crippen molar-refractivity contribution in [1.82, 2.24) is 0 Å². The number of esters is 1. The Balaban J connectivity index is 1.59. The Morgan fingerprint density at radius 2 is 2.00 bits per heavy atom. The number of ether oxygens (including phenoxy) is 2. The number of rotatable bonds is 6. The average molecular weight is 530 g/mol. The Bertz CT molecular complexity index is 1050. The van der Waals surface area contributed by atoms with E-state index in [9.17, 15) is 14.4 Å². The molecular weight excluding hydrogens is 511 g/mol. The highest BCUT2D eigenvalue weighted by molar-refractivity contribution is 9.10. The van der Waals surface area contributed by atoms with Gasteiger partial charge >= 0.3 is 5.97 Å². The Morgan fingerprint density at radius 3 is 2.71 bits per heavy atom. The van der Waals surface area contributed by atoms with Gasteiger partial charge in [-0.05, 0) is 58.7 Å². The molecule has 3 rings (SSSR count). The largest absolute Gasteiger partial charge is 0.495 e. The molecule has 7 nitrogen and oxygen atoms in total. The molecular formula is C21H19BrCl2N2O5. The topological polar surface area (TPSA) is 84.9 Å². The van der Waals surface area contributed by atoms with Crippen LogP contribution in [0.25, 0.3) is 0 Å². The van der Waals surface area contributed by atoms with Crippen molar-refractivity contribution < 1.29 is 23.9 Å². The lowest BCUT2D eigenvalue weighted by molar-refractivity contribution is -0.151. The number of hydrogen-bond acceptors (Lipinski definition) is 5. The van der Waals surface area contributed by atoms with Gasteiger partial charge in [0.1, 0.15) is 5.75 Å². The molecule has 0 spiro atoms. The average Bonchev–Trinajstić information content (AvgIpc) is 3.11. The van der Waals surface area contributed by atoms with Crippen LogP contribution in [0.2, 0.25) is 10.0 Å². The summed E-state index contributed by atoms with van der Waals surface area (Å²) in [5.74, 6) is -1.63. The predicted molar refractivity (Wildman–Crippen MR) is 122 cm³/mol. The quantitative estimate of drug-likeness (QED) is 0.552. The van der Waals surface area contributed by atoms with Gasteiger partial charge in [0.15, 0.2) is 6.61 Å². The number of carbonyl (C=O) groups is 3. The summed E-state index contributed by atoms with van der Waals surface area (Å²) in [4.78, 5) is 38.5. The summed E-state index contributed by atoms with van der Waals surface area (Å²) in [6.45, 7) is 1.44. The molecule has 10 heteroatoms. The van der Waals surface area contributed by atoms with E-state index in [2.05, 4.69) is 21.2 Å². The summed E-state index contributed by atoms with van der Waals surface area (Å²) in [5.41, 5.74) is 1.80. The zero-order chi connectivity index (χ0) is 22.7. The van der Waals surface area contributed by atoms with Crippen LogP contribution in [0.15, 0.2) is 34.8 Å². The maximum absolute atomic E-state index is 12.5. The number of benzene rings is 2. The lowest BCUT2D eigenvalue weighted by Crippen LogP contribution is -2.28. The lowest BCUT2D eigenvalue weighted by Gasteiger charge is -2.19. The zero-order valence-electron chi connectivity index (χ0n) is 16.7. The molecule has 1 saturated heterocycles. The molecule has 2 amide bonds. The first kappa shape index (κ1) is 23.4. The van der Waals surface area contributed by atoms with Crippen molar-refractivity contribution in [3.8, 4) is 5.75 Å². The molecule has 0 aromatic heterocycles. The normalized spacial score (nSPS) is 15.7. The van der Waals surface area contributed by atoms with Gasteiger partial charge < -0.3 is 19.7 Å². The lowest BCUT2D eigenvalue weighted by atomic mass is 10.1. The molecule has 0 radical (unpaired) electrons. The van der Waals surface area contributed by atoms with E-state index < -0.39 is 24.4 Å². The van der Waals surface area contributed by atoms with Crippen LogP contribution in [0.4, 0.5) is 11.4 Å². The number of halogens is 3. The van der Waals surface area contributed by atoms with Gasteiger partial charge in [-0.25, -0.2) is 0 Å². The van der Waals surface area contributed by atoms with Gasteiger partial charge in [0.05, 0.1) is 23.7 Å². The van der Waals surface area contributed by atoms with Crippen molar-refractivity contribution in [2.75, 3.05) is 30.5 Å². The molecule has 2 aromatic rings. The summed E-state index contributed by atoms with van der Waals surface area (Å²) >= 11 is 15.4. The highest BCUT2D eigenvalue weighted by Gasteiger charge is 2.37. The molecule has 0 saturated carbocycles. The third-order valence-corrected chi connectivity index (χ3v) is 6.21. The van der Waals surface area contributed by atoms with Crippen LogP contribution in [0, 0.1) is 12.8 Å². The van der Waals surface area contributed by atoms with E-state index in [-0.39, 0.29) is 18.9 Å². The van der Waals surface area contributed by atoms with Gasteiger partial charge in [-0.15, -0.1) is 0 Å². The second kappa shape index (κ2) is 9.89. The number of aryl methyl sites for hydroxylation is 1. The van der Waals surface area contributed by atoms with Crippen LogP contribution in [-0.2, 0) is 19.1 Å². The van der Waals surface area contributed by atoms with Crippen LogP contribution in [0.3, 0.4) is 0 Å². The van der Waals surface area contributed by atoms with E-state index >= 15 is 0 Å². The second-order valence-electron chi connectivity index (χ2n) is 6.96. The molecule has 2 aromatic carbocycles. The number of carbonyl (C=O) groups excluding carboxylic acids is 3. The SMILES string of the molecule is COc1ccc(Cl)cc1N1C[C@H](C(=O)OCC(=O)Nc2cc(Cl)c(Br)cc2C)CC1=O. The Kier molecular flexibility index (Phi) is 7.46. The number of nitrogens with zero attached hydrogens (tertiary/aromatic N) is 1. The molecule has 0 aliphatic carbocycles. The van der Waals surface area contributed by atoms with E-state index in [1.54, 1.807) is 30.3 Å². The van der Waals surface area contributed by atoms with Crippen molar-refractivity contribution in [1.29, 1.82) is 0 Å². The van der Waals surface area contributed by atoms with Crippen LogP contribution in [0.5, 0.6) is 5.75 Å². The first-order valence-electron chi connectivity index (χ1n) is 9.25. The molecule has 1 heterocycles. The maximum Gasteiger partial charge on any atom is 0.311 e. The van der Waals surface area contributed by atoms with Crippen molar-refractivity contribution in [3.05, 3.63) is 50.4 Å². The van der Waals surface area contributed by atoms with Crippen molar-refractivity contribution >= 4 is 68.3 Å². The number of nitrogens with one attached hydrogen (secondary N) is 1. The molecule has 31 heavy (non-hydrogen) atoms. The summed E-state index contributed by atoms with van der Waals surface area (Å²) in [6.07, 6.45) is -0.0302. The molecule has 1 fully saturated rings. The summed E-state index contributed by atoms with van der Waals surface area (Å²) < 4.78 is 11.1. The van der Waals surface area contributed by atoms with Gasteiger partial charge in [-0.1, -0.05) is 23.2 Å². The van der Waals surface area contributed by atoms with Crippen LogP contribution in [0.1, 0.15) is 12.0 Å². The first-order chi connectivity index (χ1) is 14.7. The van der Waals surface area contributed by atoms with E-state index in [1.165, 1.54) is 12.0 Å². The minimum Gasteiger partial charge on any atom is -0.495 e. The number of amides is 2. The van der Waals surface area contributed by atoms with Crippen LogP contribution >= 0.6 is 39.1 Å².